The summed E-state index contributed by atoms with van der Waals surface area (Å²) in [5.41, 5.74) is -1.10. The molecule has 0 rings (SSSR count). The monoisotopic (exact) mass is 343 g/mol. The number of carbonyl (C=O) groups excluding carboxylic acids is 2. The average Bonchev–Trinajstić information content (AvgIpc) is 2.39. The molecular weight excluding hydrogens is 310 g/mol. The van der Waals surface area contributed by atoms with Crippen LogP contribution in [0.5, 0.6) is 0 Å². The van der Waals surface area contributed by atoms with Gasteiger partial charge in [-0.05, 0) is 48.5 Å². The zero-order valence-electron chi connectivity index (χ0n) is 16.0. The number of aliphatic imine (C=N–C) groups is 1. The largest absolute Gasteiger partial charge is 0.444 e. The molecule has 0 saturated carbocycles. The van der Waals surface area contributed by atoms with Gasteiger partial charge in [-0.1, -0.05) is 0 Å². The lowest BCUT2D eigenvalue weighted by Crippen LogP contribution is -2.54. The van der Waals surface area contributed by atoms with E-state index in [0.717, 1.165) is 0 Å². The molecule has 0 saturated heterocycles. The minimum atomic E-state index is -0.551. The Morgan fingerprint density at radius 1 is 0.958 bits per heavy atom. The van der Waals surface area contributed by atoms with Crippen LogP contribution in [0, 0.1) is 0 Å². The number of alkyl carbamates (subject to hydrolysis) is 1. The topological polar surface area (TPSA) is 104 Å². The number of guanidine groups is 1. The Balaban J connectivity index is 4.57. The van der Waals surface area contributed by atoms with E-state index in [2.05, 4.69) is 26.3 Å². The van der Waals surface area contributed by atoms with Gasteiger partial charge >= 0.3 is 6.09 Å². The van der Waals surface area contributed by atoms with Crippen LogP contribution in [0.2, 0.25) is 0 Å². The van der Waals surface area contributed by atoms with Crippen molar-refractivity contribution in [3.8, 4) is 0 Å². The Morgan fingerprint density at radius 3 is 2.04 bits per heavy atom. The van der Waals surface area contributed by atoms with Crippen molar-refractivity contribution in [2.24, 2.45) is 4.99 Å². The normalized spacial score (nSPS) is 12.4. The molecule has 0 aromatic rings. The van der Waals surface area contributed by atoms with Crippen molar-refractivity contribution in [2.75, 3.05) is 26.2 Å². The second kappa shape index (κ2) is 10.00. The minimum absolute atomic E-state index is 0.0447. The van der Waals surface area contributed by atoms with Gasteiger partial charge in [0.15, 0.2) is 5.96 Å². The number of nitrogens with one attached hydrogen (secondary N) is 4. The van der Waals surface area contributed by atoms with E-state index in [1.807, 2.05) is 48.5 Å². The minimum Gasteiger partial charge on any atom is -0.444 e. The highest BCUT2D eigenvalue weighted by Gasteiger charge is 2.24. The zero-order chi connectivity index (χ0) is 18.8. The molecule has 0 aromatic carbocycles. The van der Waals surface area contributed by atoms with Crippen LogP contribution in [0.3, 0.4) is 0 Å². The fourth-order valence-corrected chi connectivity index (χ4v) is 1.67. The van der Waals surface area contributed by atoms with Crippen molar-refractivity contribution < 1.29 is 14.3 Å². The van der Waals surface area contributed by atoms with Gasteiger partial charge in [-0.25, -0.2) is 9.79 Å². The summed E-state index contributed by atoms with van der Waals surface area (Å²) in [5, 5.41) is 11.7. The van der Waals surface area contributed by atoms with Gasteiger partial charge in [0.05, 0.1) is 5.54 Å². The molecule has 8 nitrogen and oxygen atoms in total. The first kappa shape index (κ1) is 22.0. The fourth-order valence-electron chi connectivity index (χ4n) is 1.67. The first-order valence-electron chi connectivity index (χ1n) is 8.29. The van der Waals surface area contributed by atoms with Crippen LogP contribution in [0.4, 0.5) is 4.79 Å². The van der Waals surface area contributed by atoms with E-state index >= 15 is 0 Å². The van der Waals surface area contributed by atoms with E-state index in [-0.39, 0.29) is 12.5 Å². The maximum atomic E-state index is 11.9. The Bertz CT molecular complexity index is 441. The zero-order valence-corrected chi connectivity index (χ0v) is 16.0. The van der Waals surface area contributed by atoms with Crippen LogP contribution in [0.15, 0.2) is 4.99 Å². The Kier molecular flexibility index (Phi) is 9.17. The summed E-state index contributed by atoms with van der Waals surface area (Å²) >= 11 is 0. The van der Waals surface area contributed by atoms with Gasteiger partial charge in [0, 0.05) is 19.6 Å². The molecular formula is C16H33N5O3. The summed E-state index contributed by atoms with van der Waals surface area (Å²) in [6.07, 6.45) is -0.474. The molecule has 0 fully saturated rings. The molecule has 0 aliphatic heterocycles. The first-order chi connectivity index (χ1) is 11.0. The smallest absolute Gasteiger partial charge is 0.408 e. The Morgan fingerprint density at radius 2 is 1.54 bits per heavy atom. The third-order valence-corrected chi connectivity index (χ3v) is 2.64. The Hall–Kier alpha value is -1.99. The molecule has 2 amide bonds. The predicted octanol–water partition coefficient (Wildman–Crippen LogP) is 0.981. The van der Waals surface area contributed by atoms with Crippen molar-refractivity contribution in [3.63, 3.8) is 0 Å². The van der Waals surface area contributed by atoms with Crippen LogP contribution in [0.1, 0.15) is 48.5 Å². The predicted molar refractivity (Wildman–Crippen MR) is 96.1 cm³/mol. The average molecular weight is 343 g/mol. The van der Waals surface area contributed by atoms with Gasteiger partial charge in [-0.2, -0.15) is 0 Å². The molecule has 0 radical (unpaired) electrons. The SMILES string of the molecule is CCNC(=O)CN=C(NCC)NCC(C)(C)NC(=O)OC(C)(C)C. The maximum absolute atomic E-state index is 11.9. The standard InChI is InChI=1S/C16H33N5O3/c1-8-17-12(22)10-19-13(18-9-2)20-11-16(6,7)21-14(23)24-15(3,4)5/h8-11H2,1-7H3,(H,17,22)(H,21,23)(H2,18,19,20). The number of carbonyl (C=O) groups is 2. The first-order valence-corrected chi connectivity index (χ1v) is 8.29. The molecule has 0 bridgehead atoms. The highest BCUT2D eigenvalue weighted by atomic mass is 16.6. The molecule has 0 atom stereocenters. The van der Waals surface area contributed by atoms with E-state index in [1.165, 1.54) is 0 Å². The lowest BCUT2D eigenvalue weighted by Gasteiger charge is -2.29. The van der Waals surface area contributed by atoms with E-state index in [9.17, 15) is 9.59 Å². The van der Waals surface area contributed by atoms with Crippen LogP contribution in [0.25, 0.3) is 0 Å². The molecule has 0 spiro atoms. The summed E-state index contributed by atoms with van der Waals surface area (Å²) in [4.78, 5) is 27.6. The molecule has 140 valence electrons. The highest BCUT2D eigenvalue weighted by molar-refractivity contribution is 5.84. The van der Waals surface area contributed by atoms with Crippen LogP contribution >= 0.6 is 0 Å². The van der Waals surface area contributed by atoms with Gasteiger partial charge in [0.1, 0.15) is 12.1 Å². The fraction of sp³-hybridized carbons (Fsp3) is 0.812. The van der Waals surface area contributed by atoms with Gasteiger partial charge in [-0.3, -0.25) is 4.79 Å². The van der Waals surface area contributed by atoms with E-state index in [1.54, 1.807) is 0 Å². The number of rotatable bonds is 7. The molecule has 0 aliphatic carbocycles. The lowest BCUT2D eigenvalue weighted by atomic mass is 10.1. The summed E-state index contributed by atoms with van der Waals surface area (Å²) in [7, 11) is 0. The van der Waals surface area contributed by atoms with Crippen molar-refractivity contribution in [1.82, 2.24) is 21.3 Å². The molecule has 0 unspecified atom stereocenters. The summed E-state index contributed by atoms with van der Waals surface area (Å²) in [6, 6.07) is 0. The molecule has 0 heterocycles. The van der Waals surface area contributed by atoms with E-state index in [0.29, 0.717) is 25.6 Å². The van der Waals surface area contributed by atoms with Gasteiger partial charge in [0.2, 0.25) is 5.91 Å². The van der Waals surface area contributed by atoms with Gasteiger partial charge < -0.3 is 26.0 Å². The summed E-state index contributed by atoms with van der Waals surface area (Å²) in [6.45, 7) is 14.7. The number of nitrogens with zero attached hydrogens (tertiary/aromatic N) is 1. The van der Waals surface area contributed by atoms with Crippen molar-refractivity contribution in [1.29, 1.82) is 0 Å². The van der Waals surface area contributed by atoms with Gasteiger partial charge in [0.25, 0.3) is 0 Å². The quantitative estimate of drug-likeness (QED) is 0.407. The van der Waals surface area contributed by atoms with Crippen LogP contribution in [-0.2, 0) is 9.53 Å². The number of hydrogen-bond donors (Lipinski definition) is 4. The molecule has 0 aliphatic rings. The lowest BCUT2D eigenvalue weighted by molar-refractivity contribution is -0.119. The highest BCUT2D eigenvalue weighted by Crippen LogP contribution is 2.09. The van der Waals surface area contributed by atoms with E-state index in [4.69, 9.17) is 4.74 Å². The summed E-state index contributed by atoms with van der Waals surface area (Å²) < 4.78 is 5.26. The third-order valence-electron chi connectivity index (χ3n) is 2.64. The number of amides is 2. The van der Waals surface area contributed by atoms with Gasteiger partial charge in [-0.15, -0.1) is 0 Å². The van der Waals surface area contributed by atoms with Crippen LogP contribution in [-0.4, -0.2) is 55.3 Å². The third kappa shape index (κ3) is 11.6. The number of likely N-dealkylation sites (N-methyl/N-ethyl adjacent to an activating group) is 1. The maximum Gasteiger partial charge on any atom is 0.408 e. The molecule has 24 heavy (non-hydrogen) atoms. The summed E-state index contributed by atoms with van der Waals surface area (Å²) in [5.74, 6) is 0.378. The molecule has 0 aromatic heterocycles. The van der Waals surface area contributed by atoms with Crippen LogP contribution < -0.4 is 21.3 Å². The van der Waals surface area contributed by atoms with Crippen molar-refractivity contribution in [3.05, 3.63) is 0 Å². The Labute approximate surface area is 145 Å². The van der Waals surface area contributed by atoms with Crippen molar-refractivity contribution >= 4 is 18.0 Å². The number of ether oxygens (including phenoxy) is 1. The van der Waals surface area contributed by atoms with E-state index < -0.39 is 17.2 Å². The second-order valence-corrected chi connectivity index (χ2v) is 7.01. The number of hydrogen-bond acceptors (Lipinski definition) is 4. The molecule has 4 N–H and O–H groups in total. The van der Waals surface area contributed by atoms with Crippen molar-refractivity contribution in [2.45, 2.75) is 59.6 Å². The molecule has 8 heteroatoms. The second-order valence-electron chi connectivity index (χ2n) is 7.01.